The van der Waals surface area contributed by atoms with Crippen molar-refractivity contribution < 1.29 is 9.53 Å². The van der Waals surface area contributed by atoms with E-state index in [0.717, 1.165) is 5.69 Å². The zero-order chi connectivity index (χ0) is 11.4. The van der Waals surface area contributed by atoms with E-state index in [1.165, 1.54) is 0 Å². The van der Waals surface area contributed by atoms with Crippen LogP contribution in [0.5, 0.6) is 0 Å². The molecule has 2 rings (SSSR count). The minimum absolute atomic E-state index is 0.00430. The molecule has 16 heavy (non-hydrogen) atoms. The molecule has 0 aromatic carbocycles. The number of amides is 1. The molecule has 1 amide bonds. The predicted molar refractivity (Wildman–Crippen MR) is 58.4 cm³/mol. The van der Waals surface area contributed by atoms with Crippen LogP contribution >= 0.6 is 0 Å². The molecule has 86 valence electrons. The summed E-state index contributed by atoms with van der Waals surface area (Å²) >= 11 is 0. The number of aromatic nitrogens is 1. The first-order valence-corrected chi connectivity index (χ1v) is 5.29. The van der Waals surface area contributed by atoms with E-state index < -0.39 is 0 Å². The van der Waals surface area contributed by atoms with Crippen LogP contribution in [0.25, 0.3) is 0 Å². The molecule has 2 N–H and O–H groups in total. The second-order valence-corrected chi connectivity index (χ2v) is 3.76. The maximum atomic E-state index is 11.6. The molecule has 1 aliphatic heterocycles. The Bertz CT molecular complexity index is 356. The molecule has 5 nitrogen and oxygen atoms in total. The minimum Gasteiger partial charge on any atom is -0.365 e. The van der Waals surface area contributed by atoms with Crippen LogP contribution in [0, 0.1) is 0 Å². The molecule has 0 aliphatic carbocycles. The lowest BCUT2D eigenvalue weighted by molar-refractivity contribution is -0.149. The summed E-state index contributed by atoms with van der Waals surface area (Å²) in [5.41, 5.74) is 6.41. The number of morpholine rings is 1. The van der Waals surface area contributed by atoms with Gasteiger partial charge in [0.15, 0.2) is 0 Å². The molecule has 1 aromatic rings. The molecule has 0 saturated carbocycles. The maximum Gasteiger partial charge on any atom is 0.249 e. The summed E-state index contributed by atoms with van der Waals surface area (Å²) in [6, 6.07) is 5.67. The van der Waals surface area contributed by atoms with Gasteiger partial charge in [0.05, 0.1) is 18.3 Å². The van der Waals surface area contributed by atoms with Crippen molar-refractivity contribution in [3.05, 3.63) is 30.1 Å². The van der Waals surface area contributed by atoms with Gasteiger partial charge in [0.2, 0.25) is 5.91 Å². The van der Waals surface area contributed by atoms with Crippen LogP contribution in [0.15, 0.2) is 24.4 Å². The third-order valence-electron chi connectivity index (χ3n) is 2.56. The van der Waals surface area contributed by atoms with Gasteiger partial charge in [-0.2, -0.15) is 0 Å². The molecule has 0 radical (unpaired) electrons. The Balaban J connectivity index is 2.00. The first kappa shape index (κ1) is 11.0. The van der Waals surface area contributed by atoms with Crippen LogP contribution in [0.3, 0.4) is 0 Å². The van der Waals surface area contributed by atoms with Crippen molar-refractivity contribution in [1.82, 2.24) is 9.88 Å². The second kappa shape index (κ2) is 5.05. The number of hydrogen-bond acceptors (Lipinski definition) is 4. The van der Waals surface area contributed by atoms with E-state index in [1.54, 1.807) is 11.1 Å². The smallest absolute Gasteiger partial charge is 0.249 e. The summed E-state index contributed by atoms with van der Waals surface area (Å²) in [6.07, 6.45) is 1.67. The van der Waals surface area contributed by atoms with Crippen LogP contribution in [0.2, 0.25) is 0 Å². The second-order valence-electron chi connectivity index (χ2n) is 3.76. The van der Waals surface area contributed by atoms with Crippen molar-refractivity contribution in [1.29, 1.82) is 0 Å². The molecule has 0 unspecified atom stereocenters. The predicted octanol–water partition coefficient (Wildman–Crippen LogP) is -0.232. The Kier molecular flexibility index (Phi) is 3.48. The molecule has 1 aliphatic rings. The van der Waals surface area contributed by atoms with Crippen molar-refractivity contribution in [2.45, 2.75) is 12.6 Å². The summed E-state index contributed by atoms with van der Waals surface area (Å²) < 4.78 is 5.27. The van der Waals surface area contributed by atoms with E-state index in [-0.39, 0.29) is 18.6 Å². The van der Waals surface area contributed by atoms with Crippen LogP contribution in [-0.2, 0) is 16.1 Å². The lowest BCUT2D eigenvalue weighted by Gasteiger charge is -2.31. The topological polar surface area (TPSA) is 68.5 Å². The quantitative estimate of drug-likeness (QED) is 0.765. The van der Waals surface area contributed by atoms with Crippen molar-refractivity contribution in [3.63, 3.8) is 0 Å². The van der Waals surface area contributed by atoms with E-state index in [2.05, 4.69) is 4.98 Å². The average Bonchev–Trinajstić information content (AvgIpc) is 2.33. The fourth-order valence-electron chi connectivity index (χ4n) is 1.66. The van der Waals surface area contributed by atoms with Crippen molar-refractivity contribution >= 4 is 5.91 Å². The van der Waals surface area contributed by atoms with Crippen molar-refractivity contribution in [2.24, 2.45) is 5.73 Å². The molecule has 1 aromatic heterocycles. The fraction of sp³-hybridized carbons (Fsp3) is 0.455. The van der Waals surface area contributed by atoms with Crippen molar-refractivity contribution in [3.8, 4) is 0 Å². The summed E-state index contributed by atoms with van der Waals surface area (Å²) in [5.74, 6) is -0.00430. The fourth-order valence-corrected chi connectivity index (χ4v) is 1.66. The average molecular weight is 221 g/mol. The highest BCUT2D eigenvalue weighted by Gasteiger charge is 2.25. The van der Waals surface area contributed by atoms with Crippen LogP contribution < -0.4 is 5.73 Å². The Hall–Kier alpha value is -1.46. The Morgan fingerprint density at radius 1 is 1.56 bits per heavy atom. The highest BCUT2D eigenvalue weighted by Crippen LogP contribution is 2.09. The number of nitrogens with two attached hydrogens (primary N) is 1. The molecule has 1 fully saturated rings. The first-order valence-electron chi connectivity index (χ1n) is 5.29. The monoisotopic (exact) mass is 221 g/mol. The summed E-state index contributed by atoms with van der Waals surface area (Å²) in [6.45, 7) is 1.63. The van der Waals surface area contributed by atoms with Gasteiger partial charge in [-0.25, -0.2) is 0 Å². The lowest BCUT2D eigenvalue weighted by Crippen LogP contribution is -2.48. The van der Waals surface area contributed by atoms with Crippen LogP contribution in [0.4, 0.5) is 0 Å². The molecule has 1 atom stereocenters. The third kappa shape index (κ3) is 2.56. The lowest BCUT2D eigenvalue weighted by atomic mass is 10.2. The number of ether oxygens (including phenoxy) is 1. The van der Waals surface area contributed by atoms with Crippen LogP contribution in [0.1, 0.15) is 5.69 Å². The summed E-state index contributed by atoms with van der Waals surface area (Å²) in [4.78, 5) is 17.5. The first-order chi connectivity index (χ1) is 7.79. The van der Waals surface area contributed by atoms with Gasteiger partial charge in [-0.05, 0) is 12.1 Å². The van der Waals surface area contributed by atoms with E-state index in [4.69, 9.17) is 10.5 Å². The van der Waals surface area contributed by atoms with Gasteiger partial charge in [0.1, 0.15) is 6.61 Å². The highest BCUT2D eigenvalue weighted by molar-refractivity contribution is 5.78. The summed E-state index contributed by atoms with van der Waals surface area (Å²) in [5, 5.41) is 0. The largest absolute Gasteiger partial charge is 0.365 e. The van der Waals surface area contributed by atoms with Gasteiger partial charge in [-0.3, -0.25) is 9.78 Å². The molecular weight excluding hydrogens is 206 g/mol. The van der Waals surface area contributed by atoms with Gasteiger partial charge in [0.25, 0.3) is 0 Å². The Morgan fingerprint density at radius 3 is 3.12 bits per heavy atom. The maximum absolute atomic E-state index is 11.6. The Morgan fingerprint density at radius 2 is 2.44 bits per heavy atom. The molecule has 0 spiro atoms. The standard InChI is InChI=1S/C11H15N3O2/c12-5-10-7-14(11(15)8-16-10)6-9-3-1-2-4-13-9/h1-4,10H,5-8,12H2/t10-/m1/s1. The number of pyridine rings is 1. The number of rotatable bonds is 3. The van der Waals surface area contributed by atoms with Gasteiger partial charge < -0.3 is 15.4 Å². The van der Waals surface area contributed by atoms with Gasteiger partial charge >= 0.3 is 0 Å². The van der Waals surface area contributed by atoms with E-state index in [1.807, 2.05) is 18.2 Å². The number of nitrogens with zero attached hydrogens (tertiary/aromatic N) is 2. The zero-order valence-electron chi connectivity index (χ0n) is 9.00. The molecule has 1 saturated heterocycles. The number of carbonyl (C=O) groups excluding carboxylic acids is 1. The SMILES string of the molecule is NC[C@@H]1CN(Cc2ccccn2)C(=O)CO1. The van der Waals surface area contributed by atoms with Crippen LogP contribution in [-0.4, -0.2) is 41.6 Å². The minimum atomic E-state index is -0.0542. The van der Waals surface area contributed by atoms with Gasteiger partial charge in [0, 0.05) is 19.3 Å². The van der Waals surface area contributed by atoms with Gasteiger partial charge in [-0.1, -0.05) is 6.07 Å². The number of hydrogen-bond donors (Lipinski definition) is 1. The molecule has 2 heterocycles. The molecule has 0 bridgehead atoms. The highest BCUT2D eigenvalue weighted by atomic mass is 16.5. The van der Waals surface area contributed by atoms with Gasteiger partial charge in [-0.15, -0.1) is 0 Å². The normalized spacial score (nSPS) is 21.2. The zero-order valence-corrected chi connectivity index (χ0v) is 9.00. The van der Waals surface area contributed by atoms with E-state index in [9.17, 15) is 4.79 Å². The Labute approximate surface area is 94.2 Å². The molecular formula is C11H15N3O2. The van der Waals surface area contributed by atoms with E-state index in [0.29, 0.717) is 19.6 Å². The number of carbonyl (C=O) groups is 1. The summed E-state index contributed by atoms with van der Waals surface area (Å²) in [7, 11) is 0. The van der Waals surface area contributed by atoms with E-state index >= 15 is 0 Å². The third-order valence-corrected chi connectivity index (χ3v) is 2.56. The molecule has 5 heteroatoms. The van der Waals surface area contributed by atoms with Crippen molar-refractivity contribution in [2.75, 3.05) is 19.7 Å².